The number of imidazole rings is 1. The van der Waals surface area contributed by atoms with E-state index < -0.39 is 42.1 Å². The first-order valence-corrected chi connectivity index (χ1v) is 5.96. The molecule has 0 bridgehead atoms. The Labute approximate surface area is 115 Å². The van der Waals surface area contributed by atoms with Crippen LogP contribution < -0.4 is 11.2 Å². The number of nitrogens with zero attached hydrogens (tertiary/aromatic N) is 2. The first-order chi connectivity index (χ1) is 9.88. The second kappa shape index (κ2) is 4.47. The summed E-state index contributed by atoms with van der Waals surface area (Å²) in [6.07, 6.45) is -3.66. The van der Waals surface area contributed by atoms with Crippen LogP contribution in [0, 0.1) is 0 Å². The minimum atomic E-state index is -2.49. The molecule has 1 aliphatic heterocycles. The highest BCUT2D eigenvalue weighted by atomic mass is 16.7. The Morgan fingerprint density at radius 2 is 2.10 bits per heavy atom. The zero-order valence-electron chi connectivity index (χ0n) is 10.4. The number of hydrogen-bond acceptors (Lipinski definition) is 8. The largest absolute Gasteiger partial charge is 0.394 e. The summed E-state index contributed by atoms with van der Waals surface area (Å²) in [6.45, 7) is -0.649. The topological polar surface area (TPSA) is 174 Å². The van der Waals surface area contributed by atoms with Crippen LogP contribution in [0.1, 0.15) is 0 Å². The van der Waals surface area contributed by atoms with Crippen molar-refractivity contribution in [2.75, 3.05) is 6.61 Å². The van der Waals surface area contributed by atoms with Gasteiger partial charge in [-0.3, -0.25) is 19.3 Å². The molecule has 21 heavy (non-hydrogen) atoms. The van der Waals surface area contributed by atoms with Gasteiger partial charge in [0.25, 0.3) is 11.5 Å². The molecule has 0 aliphatic carbocycles. The van der Waals surface area contributed by atoms with Gasteiger partial charge in [-0.25, -0.2) is 9.78 Å². The maximum Gasteiger partial charge on any atom is 0.327 e. The van der Waals surface area contributed by atoms with E-state index in [1.807, 2.05) is 4.98 Å². The van der Waals surface area contributed by atoms with E-state index in [0.717, 1.165) is 10.9 Å². The van der Waals surface area contributed by atoms with E-state index in [0.29, 0.717) is 0 Å². The van der Waals surface area contributed by atoms with Gasteiger partial charge in [-0.1, -0.05) is 0 Å². The molecule has 1 fully saturated rings. The second-order valence-corrected chi connectivity index (χ2v) is 4.65. The van der Waals surface area contributed by atoms with Crippen LogP contribution >= 0.6 is 0 Å². The van der Waals surface area contributed by atoms with Crippen LogP contribution in [0.2, 0.25) is 0 Å². The molecular formula is C10H12N4O7. The number of hydrogen-bond donors (Lipinski definition) is 6. The number of aromatic nitrogens is 4. The molecule has 11 nitrogen and oxygen atoms in total. The number of rotatable bonds is 2. The average Bonchev–Trinajstić information content (AvgIpc) is 2.95. The molecule has 3 heterocycles. The van der Waals surface area contributed by atoms with Gasteiger partial charge < -0.3 is 25.2 Å². The van der Waals surface area contributed by atoms with Crippen LogP contribution in [0.3, 0.4) is 0 Å². The molecule has 2 aromatic rings. The Balaban J connectivity index is 2.21. The van der Waals surface area contributed by atoms with Gasteiger partial charge in [-0.15, -0.1) is 0 Å². The fraction of sp³-hybridized carbons (Fsp3) is 0.500. The first kappa shape index (κ1) is 13.9. The SMILES string of the molecule is O=c1[nH]c(=O)c2ncn([C@]3(O)O[C@H](CO)[C@@H](O)[C@H]3O)c2[nH]1. The Kier molecular flexibility index (Phi) is 2.96. The van der Waals surface area contributed by atoms with Gasteiger partial charge >= 0.3 is 5.69 Å². The van der Waals surface area contributed by atoms with E-state index in [2.05, 4.69) is 9.97 Å². The summed E-state index contributed by atoms with van der Waals surface area (Å²) in [5, 5.41) is 39.1. The van der Waals surface area contributed by atoms with Crippen LogP contribution in [0.5, 0.6) is 0 Å². The number of ether oxygens (including phenoxy) is 1. The van der Waals surface area contributed by atoms with E-state index >= 15 is 0 Å². The zero-order valence-corrected chi connectivity index (χ0v) is 10.4. The number of aliphatic hydroxyl groups excluding tert-OH is 3. The van der Waals surface area contributed by atoms with Gasteiger partial charge in [-0.2, -0.15) is 0 Å². The molecule has 4 atom stereocenters. The Morgan fingerprint density at radius 1 is 1.38 bits per heavy atom. The zero-order chi connectivity index (χ0) is 15.4. The predicted molar refractivity (Wildman–Crippen MR) is 65.1 cm³/mol. The van der Waals surface area contributed by atoms with Crippen molar-refractivity contribution in [1.29, 1.82) is 0 Å². The summed E-state index contributed by atoms with van der Waals surface area (Å²) in [4.78, 5) is 30.8. The second-order valence-electron chi connectivity index (χ2n) is 4.65. The molecule has 0 unspecified atom stereocenters. The molecule has 0 radical (unpaired) electrons. The monoisotopic (exact) mass is 300 g/mol. The summed E-state index contributed by atoms with van der Waals surface area (Å²) >= 11 is 0. The summed E-state index contributed by atoms with van der Waals surface area (Å²) in [6, 6.07) is 0. The van der Waals surface area contributed by atoms with Crippen molar-refractivity contribution in [3.63, 3.8) is 0 Å². The molecule has 2 aromatic heterocycles. The van der Waals surface area contributed by atoms with Crippen molar-refractivity contribution in [1.82, 2.24) is 19.5 Å². The fourth-order valence-electron chi connectivity index (χ4n) is 2.31. The van der Waals surface area contributed by atoms with Crippen molar-refractivity contribution in [2.24, 2.45) is 0 Å². The number of fused-ring (bicyclic) bond motifs is 1. The maximum atomic E-state index is 11.6. The molecule has 0 amide bonds. The van der Waals surface area contributed by atoms with E-state index in [1.165, 1.54) is 0 Å². The molecule has 1 saturated heterocycles. The van der Waals surface area contributed by atoms with Crippen LogP contribution in [0.15, 0.2) is 15.9 Å². The minimum absolute atomic E-state index is 0.194. The summed E-state index contributed by atoms with van der Waals surface area (Å²) < 4.78 is 5.86. The summed E-state index contributed by atoms with van der Waals surface area (Å²) in [5.41, 5.74) is -2.02. The molecule has 1 aliphatic rings. The third-order valence-electron chi connectivity index (χ3n) is 3.38. The first-order valence-electron chi connectivity index (χ1n) is 5.96. The van der Waals surface area contributed by atoms with Gasteiger partial charge in [0.2, 0.25) is 0 Å². The number of aromatic amines is 2. The molecular weight excluding hydrogens is 288 g/mol. The number of nitrogens with one attached hydrogen (secondary N) is 2. The van der Waals surface area contributed by atoms with Gasteiger partial charge in [0.05, 0.1) is 6.61 Å². The quantitative estimate of drug-likeness (QED) is 0.326. The van der Waals surface area contributed by atoms with Crippen molar-refractivity contribution >= 4 is 11.2 Å². The highest BCUT2D eigenvalue weighted by Gasteiger charge is 2.55. The number of H-pyrrole nitrogens is 2. The lowest BCUT2D eigenvalue weighted by Crippen LogP contribution is -2.45. The lowest BCUT2D eigenvalue weighted by molar-refractivity contribution is -0.287. The predicted octanol–water partition coefficient (Wildman–Crippen LogP) is -3.87. The van der Waals surface area contributed by atoms with Gasteiger partial charge in [0.1, 0.15) is 18.5 Å². The standard InChI is InChI=1S/C10H12N4O7/c15-1-3-5(16)6(17)10(20,21-3)14-2-11-4-7(14)12-9(19)13-8(4)18/h2-3,5-6,15-17,20H,1H2,(H2,12,13,18,19)/t3-,5-,6-,10-/m1/s1. The fourth-order valence-corrected chi connectivity index (χ4v) is 2.31. The van der Waals surface area contributed by atoms with Gasteiger partial charge in [-0.05, 0) is 0 Å². The van der Waals surface area contributed by atoms with Crippen molar-refractivity contribution in [3.05, 3.63) is 27.2 Å². The Hall–Kier alpha value is -2.05. The summed E-state index contributed by atoms with van der Waals surface area (Å²) in [5.74, 6) is -2.49. The van der Waals surface area contributed by atoms with Crippen LogP contribution in [-0.2, 0) is 10.6 Å². The van der Waals surface area contributed by atoms with Crippen LogP contribution in [0.4, 0.5) is 0 Å². The summed E-state index contributed by atoms with van der Waals surface area (Å²) in [7, 11) is 0. The minimum Gasteiger partial charge on any atom is -0.394 e. The van der Waals surface area contributed by atoms with Gasteiger partial charge in [0, 0.05) is 0 Å². The molecule has 0 spiro atoms. The lowest BCUT2D eigenvalue weighted by atomic mass is 10.1. The third-order valence-corrected chi connectivity index (χ3v) is 3.38. The highest BCUT2D eigenvalue weighted by molar-refractivity contribution is 5.69. The third kappa shape index (κ3) is 1.83. The molecule has 11 heteroatoms. The normalized spacial score (nSPS) is 32.9. The maximum absolute atomic E-state index is 11.6. The Bertz CT molecular complexity index is 795. The number of aliphatic hydroxyl groups is 4. The average molecular weight is 300 g/mol. The molecule has 0 aromatic carbocycles. The van der Waals surface area contributed by atoms with Crippen molar-refractivity contribution in [2.45, 2.75) is 24.2 Å². The smallest absolute Gasteiger partial charge is 0.327 e. The molecule has 0 saturated carbocycles. The Morgan fingerprint density at radius 3 is 2.71 bits per heavy atom. The van der Waals surface area contributed by atoms with E-state index in [4.69, 9.17) is 9.84 Å². The van der Waals surface area contributed by atoms with E-state index in [1.54, 1.807) is 0 Å². The van der Waals surface area contributed by atoms with Gasteiger partial charge in [0.15, 0.2) is 17.3 Å². The molecule has 6 N–H and O–H groups in total. The molecule has 3 rings (SSSR count). The van der Waals surface area contributed by atoms with Crippen molar-refractivity contribution < 1.29 is 25.2 Å². The van der Waals surface area contributed by atoms with Crippen LogP contribution in [0.25, 0.3) is 11.2 Å². The van der Waals surface area contributed by atoms with Crippen molar-refractivity contribution in [3.8, 4) is 0 Å². The van der Waals surface area contributed by atoms with E-state index in [-0.39, 0.29) is 11.2 Å². The van der Waals surface area contributed by atoms with E-state index in [9.17, 15) is 24.9 Å². The lowest BCUT2D eigenvalue weighted by Gasteiger charge is -2.27. The molecule has 114 valence electrons. The highest BCUT2D eigenvalue weighted by Crippen LogP contribution is 2.34. The van der Waals surface area contributed by atoms with Crippen LogP contribution in [-0.4, -0.2) is 64.9 Å².